The van der Waals surface area contributed by atoms with Gasteiger partial charge in [-0.2, -0.15) is 0 Å². The van der Waals surface area contributed by atoms with E-state index in [1.165, 1.54) is 23.5 Å². The number of aromatic nitrogens is 2. The summed E-state index contributed by atoms with van der Waals surface area (Å²) < 4.78 is 26.7. The lowest BCUT2D eigenvalue weighted by atomic mass is 10.2. The largest absolute Gasteiger partial charge is 0.363 e. The third-order valence-corrected chi connectivity index (χ3v) is 5.99. The zero-order valence-corrected chi connectivity index (χ0v) is 14.3. The molecule has 1 aromatic carbocycles. The number of anilines is 1. The summed E-state index contributed by atoms with van der Waals surface area (Å²) in [6.07, 6.45) is 0. The average Bonchev–Trinajstić information content (AvgIpc) is 2.93. The van der Waals surface area contributed by atoms with Crippen molar-refractivity contribution in [3.63, 3.8) is 0 Å². The van der Waals surface area contributed by atoms with Crippen molar-refractivity contribution < 1.29 is 13.2 Å². The number of sulfonamides is 1. The first-order valence-corrected chi connectivity index (χ1v) is 9.45. The van der Waals surface area contributed by atoms with Crippen LogP contribution in [0.3, 0.4) is 0 Å². The molecule has 0 unspecified atom stereocenters. The molecule has 1 heterocycles. The molecular weight excluding hydrogens is 344 g/mol. The van der Waals surface area contributed by atoms with E-state index in [0.717, 1.165) is 17.3 Å². The first kappa shape index (κ1) is 16.7. The fraction of sp³-hybridized carbons (Fsp3) is 0.250. The molecule has 0 spiro atoms. The zero-order chi connectivity index (χ0) is 16.2. The molecule has 2 aromatic rings. The smallest absolute Gasteiger partial charge is 0.264 e. The maximum Gasteiger partial charge on any atom is 0.264 e. The van der Waals surface area contributed by atoms with Crippen molar-refractivity contribution in [1.29, 1.82) is 0 Å². The second kappa shape index (κ2) is 7.07. The molecule has 0 aliphatic rings. The van der Waals surface area contributed by atoms with Gasteiger partial charge >= 0.3 is 0 Å². The number of amides is 1. The third-order valence-electron chi connectivity index (χ3n) is 2.53. The number of nitrogens with one attached hydrogen (secondary N) is 2. The molecule has 22 heavy (non-hydrogen) atoms. The number of rotatable bonds is 6. The van der Waals surface area contributed by atoms with Crippen molar-refractivity contribution in [1.82, 2.24) is 14.9 Å². The fourth-order valence-electron chi connectivity index (χ4n) is 1.45. The van der Waals surface area contributed by atoms with Crippen LogP contribution in [0.4, 0.5) is 5.13 Å². The van der Waals surface area contributed by atoms with Crippen molar-refractivity contribution in [3.05, 3.63) is 29.8 Å². The Hall–Kier alpha value is -1.65. The van der Waals surface area contributed by atoms with Crippen molar-refractivity contribution in [2.24, 2.45) is 0 Å². The number of carbonyl (C=O) groups excluding carboxylic acids is 1. The standard InChI is InChI=1S/C12H14N4O3S3/c1-8-3-5-9(6-4-8)22(18,19)16-10(17)7-20-12-15-14-11(13-2)21-12/h3-6H,7H2,1-2H3,(H,13,14)(H,16,17). The quantitative estimate of drug-likeness (QED) is 0.754. The molecule has 0 radical (unpaired) electrons. The van der Waals surface area contributed by atoms with Crippen LogP contribution in [0.2, 0.25) is 0 Å². The minimum absolute atomic E-state index is 0.0521. The Labute approximate surface area is 136 Å². The Morgan fingerprint density at radius 2 is 1.95 bits per heavy atom. The molecule has 1 aromatic heterocycles. The van der Waals surface area contributed by atoms with Crippen LogP contribution in [0.1, 0.15) is 5.56 Å². The van der Waals surface area contributed by atoms with Crippen LogP contribution < -0.4 is 10.0 Å². The molecule has 10 heteroatoms. The average molecular weight is 358 g/mol. The Kier molecular flexibility index (Phi) is 5.37. The lowest BCUT2D eigenvalue weighted by molar-refractivity contribution is -0.116. The van der Waals surface area contributed by atoms with Gasteiger partial charge in [0.25, 0.3) is 10.0 Å². The van der Waals surface area contributed by atoms with E-state index in [1.807, 2.05) is 11.6 Å². The van der Waals surface area contributed by atoms with Gasteiger partial charge in [-0.15, -0.1) is 10.2 Å². The predicted molar refractivity (Wildman–Crippen MR) is 86.7 cm³/mol. The predicted octanol–water partition coefficient (Wildman–Crippen LogP) is 1.49. The number of hydrogen-bond donors (Lipinski definition) is 2. The van der Waals surface area contributed by atoms with E-state index in [0.29, 0.717) is 9.47 Å². The minimum Gasteiger partial charge on any atom is -0.363 e. The lowest BCUT2D eigenvalue weighted by Gasteiger charge is -2.06. The van der Waals surface area contributed by atoms with Crippen molar-refractivity contribution >= 4 is 44.2 Å². The molecule has 0 aliphatic heterocycles. The number of aryl methyl sites for hydroxylation is 1. The maximum atomic E-state index is 12.0. The number of thioether (sulfide) groups is 1. The molecule has 2 N–H and O–H groups in total. The van der Waals surface area contributed by atoms with E-state index in [9.17, 15) is 13.2 Å². The first-order valence-electron chi connectivity index (χ1n) is 6.17. The van der Waals surface area contributed by atoms with Gasteiger partial charge in [0, 0.05) is 7.05 Å². The molecular formula is C12H14N4O3S3. The molecule has 0 saturated heterocycles. The van der Waals surface area contributed by atoms with Crippen LogP contribution in [0.5, 0.6) is 0 Å². The molecule has 0 atom stereocenters. The molecule has 0 bridgehead atoms. The van der Waals surface area contributed by atoms with Gasteiger partial charge < -0.3 is 5.32 Å². The van der Waals surface area contributed by atoms with E-state index in [-0.39, 0.29) is 10.6 Å². The van der Waals surface area contributed by atoms with Crippen LogP contribution in [0.15, 0.2) is 33.5 Å². The van der Waals surface area contributed by atoms with Crippen LogP contribution >= 0.6 is 23.1 Å². The van der Waals surface area contributed by atoms with E-state index in [2.05, 4.69) is 15.5 Å². The SMILES string of the molecule is CNc1nnc(SCC(=O)NS(=O)(=O)c2ccc(C)cc2)s1. The highest BCUT2D eigenvalue weighted by Crippen LogP contribution is 2.24. The number of benzene rings is 1. The Bertz CT molecular complexity index is 756. The molecule has 0 fully saturated rings. The molecule has 1 amide bonds. The summed E-state index contributed by atoms with van der Waals surface area (Å²) in [5.41, 5.74) is 0.942. The molecule has 118 valence electrons. The van der Waals surface area contributed by atoms with Crippen molar-refractivity contribution in [3.8, 4) is 0 Å². The fourth-order valence-corrected chi connectivity index (χ4v) is 4.03. The number of nitrogens with zero attached hydrogens (tertiary/aromatic N) is 2. The summed E-state index contributed by atoms with van der Waals surface area (Å²) in [4.78, 5) is 11.8. The summed E-state index contributed by atoms with van der Waals surface area (Å²) in [7, 11) is -2.12. The second-order valence-corrected chi connectivity index (χ2v) is 8.14. The van der Waals surface area contributed by atoms with Crippen LogP contribution in [0.25, 0.3) is 0 Å². The Balaban J connectivity index is 1.94. The third kappa shape index (κ3) is 4.42. The number of hydrogen-bond acceptors (Lipinski definition) is 8. The number of carbonyl (C=O) groups is 1. The minimum atomic E-state index is -3.84. The highest BCUT2D eigenvalue weighted by Gasteiger charge is 2.18. The second-order valence-electron chi connectivity index (χ2n) is 4.25. The van der Waals surface area contributed by atoms with Gasteiger partial charge in [0.2, 0.25) is 11.0 Å². The Morgan fingerprint density at radius 3 is 2.55 bits per heavy atom. The van der Waals surface area contributed by atoms with Gasteiger partial charge in [0.1, 0.15) is 0 Å². The van der Waals surface area contributed by atoms with E-state index >= 15 is 0 Å². The molecule has 7 nitrogen and oxygen atoms in total. The van der Waals surface area contributed by atoms with Gasteiger partial charge in [0.05, 0.1) is 10.6 Å². The van der Waals surface area contributed by atoms with Gasteiger partial charge in [0.15, 0.2) is 4.34 Å². The van der Waals surface area contributed by atoms with E-state index in [4.69, 9.17) is 0 Å². The highest BCUT2D eigenvalue weighted by molar-refractivity contribution is 8.01. The lowest BCUT2D eigenvalue weighted by Crippen LogP contribution is -2.31. The van der Waals surface area contributed by atoms with Gasteiger partial charge in [-0.3, -0.25) is 4.79 Å². The molecule has 2 rings (SSSR count). The first-order chi connectivity index (χ1) is 10.4. The molecule has 0 saturated carbocycles. The molecule has 0 aliphatic carbocycles. The monoisotopic (exact) mass is 358 g/mol. The van der Waals surface area contributed by atoms with E-state index < -0.39 is 15.9 Å². The summed E-state index contributed by atoms with van der Waals surface area (Å²) in [5, 5.41) is 11.2. The van der Waals surface area contributed by atoms with Gasteiger partial charge in [-0.05, 0) is 19.1 Å². The highest BCUT2D eigenvalue weighted by atomic mass is 32.2. The normalized spacial score (nSPS) is 11.2. The summed E-state index contributed by atoms with van der Waals surface area (Å²) in [5.74, 6) is -0.657. The van der Waals surface area contributed by atoms with Crippen molar-refractivity contribution in [2.75, 3.05) is 18.1 Å². The Morgan fingerprint density at radius 1 is 1.27 bits per heavy atom. The van der Waals surface area contributed by atoms with E-state index in [1.54, 1.807) is 19.2 Å². The van der Waals surface area contributed by atoms with Crippen molar-refractivity contribution in [2.45, 2.75) is 16.2 Å². The van der Waals surface area contributed by atoms with Crippen LogP contribution in [-0.2, 0) is 14.8 Å². The van der Waals surface area contributed by atoms with Crippen LogP contribution in [-0.4, -0.2) is 37.3 Å². The summed E-state index contributed by atoms with van der Waals surface area (Å²) in [6.45, 7) is 1.85. The van der Waals surface area contributed by atoms with Gasteiger partial charge in [-0.1, -0.05) is 40.8 Å². The van der Waals surface area contributed by atoms with Crippen LogP contribution in [0, 0.1) is 6.92 Å². The summed E-state index contributed by atoms with van der Waals surface area (Å²) in [6, 6.07) is 6.27. The topological polar surface area (TPSA) is 101 Å². The summed E-state index contributed by atoms with van der Waals surface area (Å²) >= 11 is 2.42. The zero-order valence-electron chi connectivity index (χ0n) is 11.9. The van der Waals surface area contributed by atoms with Gasteiger partial charge in [-0.25, -0.2) is 13.1 Å². The maximum absolute atomic E-state index is 12.0.